The monoisotopic (exact) mass is 224 g/mol. The standard InChI is InChI=1S/C12H17FN2O/c1-3-12(2)8-16-11(7-15-12)10-5-4-9(13)6-14-10/h4-6,11,15H,3,7-8H2,1-2H3. The highest BCUT2D eigenvalue weighted by atomic mass is 19.1. The number of morpholine rings is 1. The first-order valence-electron chi connectivity index (χ1n) is 5.61. The SMILES string of the molecule is CCC1(C)COC(c2ccc(F)cn2)CN1. The number of nitrogens with zero attached hydrogens (tertiary/aromatic N) is 1. The van der Waals surface area contributed by atoms with Crippen LogP contribution in [0.4, 0.5) is 4.39 Å². The van der Waals surface area contributed by atoms with Crippen LogP contribution in [-0.2, 0) is 4.74 Å². The van der Waals surface area contributed by atoms with E-state index in [-0.39, 0.29) is 17.5 Å². The zero-order valence-electron chi connectivity index (χ0n) is 9.66. The zero-order valence-corrected chi connectivity index (χ0v) is 9.66. The van der Waals surface area contributed by atoms with E-state index in [2.05, 4.69) is 24.1 Å². The average molecular weight is 224 g/mol. The lowest BCUT2D eigenvalue weighted by atomic mass is 9.97. The molecule has 0 radical (unpaired) electrons. The summed E-state index contributed by atoms with van der Waals surface area (Å²) in [7, 11) is 0. The lowest BCUT2D eigenvalue weighted by molar-refractivity contribution is -0.0319. The first kappa shape index (κ1) is 11.5. The van der Waals surface area contributed by atoms with Crippen LogP contribution in [-0.4, -0.2) is 23.7 Å². The van der Waals surface area contributed by atoms with E-state index in [1.54, 1.807) is 6.07 Å². The molecule has 0 aromatic carbocycles. The molecule has 0 bridgehead atoms. The van der Waals surface area contributed by atoms with Crippen LogP contribution in [0.1, 0.15) is 32.1 Å². The number of halogens is 1. The van der Waals surface area contributed by atoms with Gasteiger partial charge < -0.3 is 10.1 Å². The molecule has 2 unspecified atom stereocenters. The number of hydrogen-bond acceptors (Lipinski definition) is 3. The van der Waals surface area contributed by atoms with Gasteiger partial charge in [0.15, 0.2) is 0 Å². The Morgan fingerprint density at radius 1 is 1.62 bits per heavy atom. The molecule has 0 saturated carbocycles. The first-order chi connectivity index (χ1) is 7.63. The quantitative estimate of drug-likeness (QED) is 0.834. The Bertz CT molecular complexity index is 345. The molecule has 0 aliphatic carbocycles. The van der Waals surface area contributed by atoms with Crippen LogP contribution in [0.5, 0.6) is 0 Å². The summed E-state index contributed by atoms with van der Waals surface area (Å²) in [5, 5.41) is 3.45. The maximum Gasteiger partial charge on any atom is 0.141 e. The van der Waals surface area contributed by atoms with E-state index in [1.807, 2.05) is 0 Å². The molecular weight excluding hydrogens is 207 g/mol. The fraction of sp³-hybridized carbons (Fsp3) is 0.583. The summed E-state index contributed by atoms with van der Waals surface area (Å²) >= 11 is 0. The van der Waals surface area contributed by atoms with Gasteiger partial charge in [0, 0.05) is 12.1 Å². The van der Waals surface area contributed by atoms with Gasteiger partial charge in [0.1, 0.15) is 11.9 Å². The molecule has 1 aliphatic rings. The number of rotatable bonds is 2. The molecule has 4 heteroatoms. The summed E-state index contributed by atoms with van der Waals surface area (Å²) < 4.78 is 18.5. The van der Waals surface area contributed by atoms with Crippen LogP contribution in [0.3, 0.4) is 0 Å². The Labute approximate surface area is 95.0 Å². The molecule has 1 saturated heterocycles. The van der Waals surface area contributed by atoms with Gasteiger partial charge in [0.05, 0.1) is 18.5 Å². The molecule has 0 amide bonds. The maximum atomic E-state index is 12.7. The Balaban J connectivity index is 2.01. The normalized spacial score (nSPS) is 30.3. The Morgan fingerprint density at radius 3 is 2.94 bits per heavy atom. The lowest BCUT2D eigenvalue weighted by Crippen LogP contribution is -2.52. The van der Waals surface area contributed by atoms with Crippen molar-refractivity contribution < 1.29 is 9.13 Å². The van der Waals surface area contributed by atoms with Crippen molar-refractivity contribution in [2.75, 3.05) is 13.2 Å². The van der Waals surface area contributed by atoms with Crippen molar-refractivity contribution in [1.82, 2.24) is 10.3 Å². The summed E-state index contributed by atoms with van der Waals surface area (Å²) in [6.07, 6.45) is 2.18. The molecule has 1 aromatic heterocycles. The molecule has 3 nitrogen and oxygen atoms in total. The number of hydrogen-bond donors (Lipinski definition) is 1. The van der Waals surface area contributed by atoms with Crippen molar-refractivity contribution in [2.24, 2.45) is 0 Å². The number of aromatic nitrogens is 1. The summed E-state index contributed by atoms with van der Waals surface area (Å²) in [5.74, 6) is -0.314. The largest absolute Gasteiger partial charge is 0.369 e. The third kappa shape index (κ3) is 2.39. The van der Waals surface area contributed by atoms with Crippen LogP contribution >= 0.6 is 0 Å². The third-order valence-corrected chi connectivity index (χ3v) is 3.18. The van der Waals surface area contributed by atoms with Gasteiger partial charge in [-0.15, -0.1) is 0 Å². The highest BCUT2D eigenvalue weighted by molar-refractivity contribution is 5.10. The smallest absolute Gasteiger partial charge is 0.141 e. The van der Waals surface area contributed by atoms with E-state index < -0.39 is 0 Å². The molecule has 1 aliphatic heterocycles. The van der Waals surface area contributed by atoms with Crippen molar-refractivity contribution in [1.29, 1.82) is 0 Å². The highest BCUT2D eigenvalue weighted by Crippen LogP contribution is 2.23. The van der Waals surface area contributed by atoms with E-state index in [0.29, 0.717) is 6.61 Å². The van der Waals surface area contributed by atoms with E-state index in [9.17, 15) is 4.39 Å². The minimum atomic E-state index is -0.314. The summed E-state index contributed by atoms with van der Waals surface area (Å²) in [4.78, 5) is 4.04. The number of ether oxygens (including phenoxy) is 1. The van der Waals surface area contributed by atoms with E-state index in [1.165, 1.54) is 12.3 Å². The van der Waals surface area contributed by atoms with Crippen LogP contribution < -0.4 is 5.32 Å². The molecule has 1 fully saturated rings. The highest BCUT2D eigenvalue weighted by Gasteiger charge is 2.30. The van der Waals surface area contributed by atoms with Gasteiger partial charge in [-0.1, -0.05) is 6.92 Å². The summed E-state index contributed by atoms with van der Waals surface area (Å²) in [5.41, 5.74) is 0.836. The predicted octanol–water partition coefficient (Wildman–Crippen LogP) is 2.05. The second kappa shape index (κ2) is 4.47. The predicted molar refractivity (Wildman–Crippen MR) is 59.6 cm³/mol. The van der Waals surface area contributed by atoms with Crippen molar-refractivity contribution in [3.63, 3.8) is 0 Å². The molecule has 1 aromatic rings. The number of nitrogens with one attached hydrogen (secondary N) is 1. The van der Waals surface area contributed by atoms with Gasteiger partial charge in [-0.05, 0) is 25.5 Å². The van der Waals surface area contributed by atoms with Crippen LogP contribution in [0.2, 0.25) is 0 Å². The van der Waals surface area contributed by atoms with Crippen molar-refractivity contribution in [2.45, 2.75) is 31.9 Å². The first-order valence-corrected chi connectivity index (χ1v) is 5.61. The van der Waals surface area contributed by atoms with Crippen LogP contribution in [0.25, 0.3) is 0 Å². The van der Waals surface area contributed by atoms with Crippen molar-refractivity contribution >= 4 is 0 Å². The molecule has 2 heterocycles. The second-order valence-electron chi connectivity index (χ2n) is 4.50. The minimum absolute atomic E-state index is 0.0521. The van der Waals surface area contributed by atoms with Gasteiger partial charge in [0.2, 0.25) is 0 Å². The van der Waals surface area contributed by atoms with E-state index in [0.717, 1.165) is 18.7 Å². The van der Waals surface area contributed by atoms with Crippen LogP contribution in [0, 0.1) is 5.82 Å². The van der Waals surface area contributed by atoms with Crippen LogP contribution in [0.15, 0.2) is 18.3 Å². The van der Waals surface area contributed by atoms with Gasteiger partial charge in [-0.25, -0.2) is 4.39 Å². The summed E-state index contributed by atoms with van der Waals surface area (Å²) in [6, 6.07) is 3.09. The fourth-order valence-corrected chi connectivity index (χ4v) is 1.73. The molecule has 2 atom stereocenters. The van der Waals surface area contributed by atoms with Crippen molar-refractivity contribution in [3.05, 3.63) is 29.8 Å². The Kier molecular flexibility index (Phi) is 3.21. The van der Waals surface area contributed by atoms with E-state index in [4.69, 9.17) is 4.74 Å². The van der Waals surface area contributed by atoms with Crippen molar-refractivity contribution in [3.8, 4) is 0 Å². The average Bonchev–Trinajstić information content (AvgIpc) is 2.32. The molecule has 88 valence electrons. The van der Waals surface area contributed by atoms with Gasteiger partial charge in [-0.3, -0.25) is 4.98 Å². The second-order valence-corrected chi connectivity index (χ2v) is 4.50. The Hall–Kier alpha value is -1.00. The Morgan fingerprint density at radius 2 is 2.44 bits per heavy atom. The van der Waals surface area contributed by atoms with Gasteiger partial charge in [0.25, 0.3) is 0 Å². The maximum absolute atomic E-state index is 12.7. The molecule has 1 N–H and O–H groups in total. The minimum Gasteiger partial charge on any atom is -0.369 e. The molecular formula is C12H17FN2O. The third-order valence-electron chi connectivity index (χ3n) is 3.18. The fourth-order valence-electron chi connectivity index (χ4n) is 1.73. The van der Waals surface area contributed by atoms with Gasteiger partial charge >= 0.3 is 0 Å². The summed E-state index contributed by atoms with van der Waals surface area (Å²) in [6.45, 7) is 5.66. The molecule has 2 rings (SSSR count). The zero-order chi connectivity index (χ0) is 11.6. The topological polar surface area (TPSA) is 34.1 Å². The molecule has 0 spiro atoms. The van der Waals surface area contributed by atoms with E-state index >= 15 is 0 Å². The number of pyridine rings is 1. The van der Waals surface area contributed by atoms with Gasteiger partial charge in [-0.2, -0.15) is 0 Å². The lowest BCUT2D eigenvalue weighted by Gasteiger charge is -2.37. The molecule has 16 heavy (non-hydrogen) atoms.